The van der Waals surface area contributed by atoms with Crippen molar-refractivity contribution >= 4 is 27.5 Å². The number of hydrogen-bond donors (Lipinski definition) is 2. The number of rotatable bonds is 2. The molecule has 1 heterocycles. The summed E-state index contributed by atoms with van der Waals surface area (Å²) in [5.74, 6) is -0.900. The molecule has 2 rings (SSSR count). The third-order valence-electron chi connectivity index (χ3n) is 1.93. The molecule has 0 fully saturated rings. The van der Waals surface area contributed by atoms with Gasteiger partial charge in [-0.2, -0.15) is 0 Å². The van der Waals surface area contributed by atoms with Crippen molar-refractivity contribution in [1.29, 1.82) is 5.41 Å². The van der Waals surface area contributed by atoms with Crippen molar-refractivity contribution in [1.82, 2.24) is 4.98 Å². The summed E-state index contributed by atoms with van der Waals surface area (Å²) in [6.07, 6.45) is -0.734. The van der Waals surface area contributed by atoms with Crippen molar-refractivity contribution in [2.45, 2.75) is 19.4 Å². The van der Waals surface area contributed by atoms with Crippen molar-refractivity contribution in [3.8, 4) is 0 Å². The average Bonchev–Trinajstić information content (AvgIpc) is 2.76. The molecule has 0 bridgehead atoms. The van der Waals surface area contributed by atoms with Crippen molar-refractivity contribution in [2.24, 2.45) is 0 Å². The van der Waals surface area contributed by atoms with Gasteiger partial charge in [-0.05, 0) is 24.5 Å². The van der Waals surface area contributed by atoms with Crippen LogP contribution in [0.3, 0.4) is 0 Å². The second-order valence-electron chi connectivity index (χ2n) is 3.11. The summed E-state index contributed by atoms with van der Waals surface area (Å²) < 4.78 is 1.26. The molecule has 96 valence electrons. The van der Waals surface area contributed by atoms with Gasteiger partial charge in [0, 0.05) is 0 Å². The van der Waals surface area contributed by atoms with Crippen LogP contribution in [0.2, 0.25) is 0 Å². The molecule has 0 saturated heterocycles. The third-order valence-corrected chi connectivity index (χ3v) is 2.74. The predicted molar refractivity (Wildman–Crippen MR) is 63.6 cm³/mol. The standard InChI is InChI=1S/C7H5NS.C4H9NO2.Ag/c1-2-4-7-6(3-1)8-5-9-7;1-2-3(6)4(5)7;/h1-5H;3,6H,2H2,1H3,(H2,5,7);/q;;+1/p-1. The molecule has 4 nitrogen and oxygen atoms in total. The first kappa shape index (κ1) is 16.3. The molecule has 0 spiro atoms. The molecule has 0 amide bonds. The summed E-state index contributed by atoms with van der Waals surface area (Å²) in [7, 11) is 0. The van der Waals surface area contributed by atoms with Gasteiger partial charge in [0.2, 0.25) is 0 Å². The van der Waals surface area contributed by atoms with Crippen LogP contribution in [-0.2, 0) is 22.4 Å². The average molecular weight is 345 g/mol. The normalized spacial score (nSPS) is 10.9. The molecule has 1 unspecified atom stereocenters. The minimum atomic E-state index is -1.07. The zero-order valence-electron chi connectivity index (χ0n) is 9.18. The predicted octanol–water partition coefficient (Wildman–Crippen LogP) is 1.39. The van der Waals surface area contributed by atoms with Gasteiger partial charge in [-0.15, -0.1) is 11.3 Å². The number of aliphatic hydroxyl groups is 1. The Balaban J connectivity index is 0.000000296. The van der Waals surface area contributed by atoms with Crippen LogP contribution in [0, 0.1) is 5.41 Å². The number of thiazole rings is 1. The Morgan fingerprint density at radius 2 is 2.18 bits per heavy atom. The molecule has 17 heavy (non-hydrogen) atoms. The molecule has 2 N–H and O–H groups in total. The van der Waals surface area contributed by atoms with Crippen LogP contribution < -0.4 is 5.11 Å². The molecule has 1 atom stereocenters. The van der Waals surface area contributed by atoms with Crippen LogP contribution in [0.1, 0.15) is 13.3 Å². The zero-order valence-corrected chi connectivity index (χ0v) is 11.5. The Morgan fingerprint density at radius 3 is 2.65 bits per heavy atom. The van der Waals surface area contributed by atoms with Crippen molar-refractivity contribution in [2.75, 3.05) is 0 Å². The first-order chi connectivity index (χ1) is 7.65. The van der Waals surface area contributed by atoms with Crippen LogP contribution >= 0.6 is 11.3 Å². The van der Waals surface area contributed by atoms with Gasteiger partial charge in [-0.3, -0.25) is 0 Å². The maximum absolute atomic E-state index is 9.79. The molecule has 0 radical (unpaired) electrons. The van der Waals surface area contributed by atoms with E-state index in [9.17, 15) is 5.11 Å². The van der Waals surface area contributed by atoms with Crippen molar-refractivity contribution in [3.63, 3.8) is 0 Å². The Bertz CT molecular complexity index is 431. The SMILES string of the molecule is CCC(O)C(=N)[O-].[Ag+].c1ccc2scnc2c1. The quantitative estimate of drug-likeness (QED) is 0.490. The molecular formula is C11H13AgN2O2S. The fraction of sp³-hybridized carbons (Fsp3) is 0.273. The van der Waals surface area contributed by atoms with Crippen molar-refractivity contribution < 1.29 is 32.6 Å². The number of aliphatic hydroxyl groups excluding tert-OH is 1. The Kier molecular flexibility index (Phi) is 8.03. The topological polar surface area (TPSA) is 80.0 Å². The van der Waals surface area contributed by atoms with E-state index in [1.165, 1.54) is 4.70 Å². The van der Waals surface area contributed by atoms with Crippen LogP contribution in [0.15, 0.2) is 29.8 Å². The molecule has 0 saturated carbocycles. The summed E-state index contributed by atoms with van der Waals surface area (Å²) in [5.41, 5.74) is 2.97. The Hall–Kier alpha value is -0.720. The number of nitrogens with one attached hydrogen (secondary N) is 1. The van der Waals surface area contributed by atoms with Crippen LogP contribution in [0.4, 0.5) is 0 Å². The fourth-order valence-corrected chi connectivity index (χ4v) is 1.67. The minimum Gasteiger partial charge on any atom is -0.860 e. The van der Waals surface area contributed by atoms with Gasteiger partial charge in [0.15, 0.2) is 0 Å². The third kappa shape index (κ3) is 5.43. The van der Waals surface area contributed by atoms with E-state index >= 15 is 0 Å². The molecule has 2 aromatic rings. The molecule has 0 aliphatic heterocycles. The Labute approximate surface area is 119 Å². The summed E-state index contributed by atoms with van der Waals surface area (Å²) in [4.78, 5) is 4.14. The molecule has 0 aliphatic rings. The first-order valence-corrected chi connectivity index (χ1v) is 5.74. The van der Waals surface area contributed by atoms with Crippen LogP contribution in [0.5, 0.6) is 0 Å². The summed E-state index contributed by atoms with van der Waals surface area (Å²) in [6, 6.07) is 8.13. The van der Waals surface area contributed by atoms with Gasteiger partial charge < -0.3 is 15.6 Å². The maximum atomic E-state index is 9.79. The number of aromatic nitrogens is 1. The Morgan fingerprint density at radius 1 is 1.53 bits per heavy atom. The van der Waals surface area contributed by atoms with E-state index in [2.05, 4.69) is 11.1 Å². The van der Waals surface area contributed by atoms with E-state index in [-0.39, 0.29) is 22.4 Å². The van der Waals surface area contributed by atoms with Gasteiger partial charge in [-0.25, -0.2) is 4.98 Å². The number of para-hydroxylation sites is 1. The van der Waals surface area contributed by atoms with Gasteiger partial charge in [0.05, 0.1) is 21.8 Å². The fourth-order valence-electron chi connectivity index (χ4n) is 0.989. The van der Waals surface area contributed by atoms with Gasteiger partial charge in [0.1, 0.15) is 0 Å². The maximum Gasteiger partial charge on any atom is 1.00 e. The molecule has 6 heteroatoms. The monoisotopic (exact) mass is 344 g/mol. The number of fused-ring (bicyclic) bond motifs is 1. The van der Waals surface area contributed by atoms with E-state index < -0.39 is 12.0 Å². The smallest absolute Gasteiger partial charge is 0.860 e. The number of hydrogen-bond acceptors (Lipinski definition) is 5. The second-order valence-corrected chi connectivity index (χ2v) is 3.99. The first-order valence-electron chi connectivity index (χ1n) is 4.87. The molecule has 1 aromatic carbocycles. The van der Waals surface area contributed by atoms with Gasteiger partial charge >= 0.3 is 22.4 Å². The van der Waals surface area contributed by atoms with E-state index in [1.54, 1.807) is 18.3 Å². The van der Waals surface area contributed by atoms with E-state index in [0.717, 1.165) is 5.52 Å². The zero-order chi connectivity index (χ0) is 12.0. The molecule has 0 aliphatic carbocycles. The summed E-state index contributed by atoms with van der Waals surface area (Å²) in [6.45, 7) is 1.65. The van der Waals surface area contributed by atoms with Crippen molar-refractivity contribution in [3.05, 3.63) is 29.8 Å². The number of nitrogens with zero attached hydrogens (tertiary/aromatic N) is 1. The molecular weight excluding hydrogens is 332 g/mol. The van der Waals surface area contributed by atoms with Crippen LogP contribution in [0.25, 0.3) is 10.2 Å². The summed E-state index contributed by atoms with van der Waals surface area (Å²) in [5, 5.41) is 24.5. The second kappa shape index (κ2) is 8.38. The van der Waals surface area contributed by atoms with E-state index in [1.807, 2.05) is 23.7 Å². The molecule has 1 aromatic heterocycles. The minimum absolute atomic E-state index is 0. The largest absolute Gasteiger partial charge is 1.00 e. The van der Waals surface area contributed by atoms with Crippen LogP contribution in [-0.4, -0.2) is 22.1 Å². The van der Waals surface area contributed by atoms with Gasteiger partial charge in [0.25, 0.3) is 0 Å². The summed E-state index contributed by atoms with van der Waals surface area (Å²) >= 11 is 1.68. The number of benzene rings is 1. The van der Waals surface area contributed by atoms with E-state index in [4.69, 9.17) is 10.5 Å². The van der Waals surface area contributed by atoms with Gasteiger partial charge in [-0.1, -0.05) is 19.1 Å². The van der Waals surface area contributed by atoms with E-state index in [0.29, 0.717) is 6.42 Å².